The fourth-order valence-corrected chi connectivity index (χ4v) is 3.72. The average Bonchev–Trinajstić information content (AvgIpc) is 2.70. The third kappa shape index (κ3) is 7.13. The number of rotatable bonds is 10. The Morgan fingerprint density at radius 2 is 1.70 bits per heavy atom. The van der Waals surface area contributed by atoms with Crippen LogP contribution in [0.15, 0.2) is 35.9 Å². The Balaban J connectivity index is 1.94. The maximum absolute atomic E-state index is 9.65. The first-order valence-corrected chi connectivity index (χ1v) is 12.4. The van der Waals surface area contributed by atoms with Gasteiger partial charge in [0.05, 0.1) is 24.9 Å². The predicted octanol–water partition coefficient (Wildman–Crippen LogP) is 4.43. The van der Waals surface area contributed by atoms with Crippen LogP contribution in [0, 0.1) is 0 Å². The fraction of sp³-hybridized carbons (Fsp3) is 0.619. The standard InChI is InChI=1S/C21H30I2O4/c1-21(2,15-3-7-19(8-4-15)26-13-17(24)11-22)16-5-9-20(10-6-16)27-14-18(25)12-23/h3-5,7-8,17-18,20,24-25H,6,9-14H2,1-2H3. The van der Waals surface area contributed by atoms with Crippen LogP contribution < -0.4 is 4.74 Å². The van der Waals surface area contributed by atoms with Crippen LogP contribution in [0.25, 0.3) is 0 Å². The van der Waals surface area contributed by atoms with E-state index in [1.54, 1.807) is 0 Å². The number of alkyl halides is 2. The van der Waals surface area contributed by atoms with E-state index >= 15 is 0 Å². The number of benzene rings is 1. The molecule has 0 radical (unpaired) electrons. The van der Waals surface area contributed by atoms with E-state index in [9.17, 15) is 10.2 Å². The molecule has 0 saturated heterocycles. The van der Waals surface area contributed by atoms with Crippen molar-refractivity contribution >= 4 is 45.2 Å². The second-order valence-electron chi connectivity index (χ2n) is 7.54. The van der Waals surface area contributed by atoms with Gasteiger partial charge in [-0.3, -0.25) is 0 Å². The van der Waals surface area contributed by atoms with Gasteiger partial charge in [0.2, 0.25) is 0 Å². The summed E-state index contributed by atoms with van der Waals surface area (Å²) < 4.78 is 12.8. The predicted molar refractivity (Wildman–Crippen MR) is 126 cm³/mol. The summed E-state index contributed by atoms with van der Waals surface area (Å²) in [4.78, 5) is 0. The summed E-state index contributed by atoms with van der Waals surface area (Å²) in [6.07, 6.45) is 4.64. The Bertz CT molecular complexity index is 601. The molecule has 0 saturated carbocycles. The molecule has 4 nitrogen and oxygen atoms in total. The summed E-state index contributed by atoms with van der Waals surface area (Å²) in [5.74, 6) is 0.790. The van der Waals surface area contributed by atoms with Crippen molar-refractivity contribution in [2.45, 2.75) is 56.8 Å². The fourth-order valence-electron chi connectivity index (χ4n) is 3.21. The molecule has 1 aromatic carbocycles. The van der Waals surface area contributed by atoms with Gasteiger partial charge in [0, 0.05) is 14.3 Å². The van der Waals surface area contributed by atoms with Crippen LogP contribution in [0.1, 0.15) is 38.7 Å². The van der Waals surface area contributed by atoms with E-state index in [1.807, 2.05) is 12.1 Å². The lowest BCUT2D eigenvalue weighted by Crippen LogP contribution is -2.28. The van der Waals surface area contributed by atoms with E-state index in [4.69, 9.17) is 9.47 Å². The van der Waals surface area contributed by atoms with E-state index in [-0.39, 0.29) is 17.6 Å². The van der Waals surface area contributed by atoms with Crippen LogP contribution >= 0.6 is 45.2 Å². The number of aliphatic hydroxyl groups excluding tert-OH is 2. The highest BCUT2D eigenvalue weighted by Crippen LogP contribution is 2.38. The lowest BCUT2D eigenvalue weighted by atomic mass is 9.73. The molecule has 0 fully saturated rings. The normalized spacial score (nSPS) is 20.1. The molecule has 1 aliphatic rings. The van der Waals surface area contributed by atoms with Crippen molar-refractivity contribution in [3.05, 3.63) is 41.5 Å². The average molecular weight is 600 g/mol. The van der Waals surface area contributed by atoms with Gasteiger partial charge >= 0.3 is 0 Å². The molecule has 0 heterocycles. The molecule has 0 spiro atoms. The summed E-state index contributed by atoms with van der Waals surface area (Å²) in [5, 5.41) is 19.3. The van der Waals surface area contributed by atoms with Gasteiger partial charge in [0.25, 0.3) is 0 Å². The Morgan fingerprint density at radius 1 is 1.07 bits per heavy atom. The Hall–Kier alpha value is 0.100. The van der Waals surface area contributed by atoms with Crippen LogP contribution in [0.5, 0.6) is 5.75 Å². The zero-order valence-electron chi connectivity index (χ0n) is 16.0. The molecule has 6 heteroatoms. The van der Waals surface area contributed by atoms with Gasteiger partial charge in [-0.2, -0.15) is 0 Å². The summed E-state index contributed by atoms with van der Waals surface area (Å²) >= 11 is 4.33. The Morgan fingerprint density at radius 3 is 2.26 bits per heavy atom. The molecule has 1 aromatic rings. The minimum atomic E-state index is -0.428. The van der Waals surface area contributed by atoms with Gasteiger partial charge < -0.3 is 19.7 Å². The molecule has 0 aromatic heterocycles. The van der Waals surface area contributed by atoms with E-state index in [2.05, 4.69) is 77.2 Å². The molecule has 0 amide bonds. The highest BCUT2D eigenvalue weighted by molar-refractivity contribution is 14.1. The molecular formula is C21H30I2O4. The van der Waals surface area contributed by atoms with Crippen molar-refractivity contribution in [1.29, 1.82) is 0 Å². The molecular weight excluding hydrogens is 570 g/mol. The van der Waals surface area contributed by atoms with Crippen molar-refractivity contribution in [1.82, 2.24) is 0 Å². The van der Waals surface area contributed by atoms with Crippen molar-refractivity contribution < 1.29 is 19.7 Å². The maximum Gasteiger partial charge on any atom is 0.119 e. The number of halogens is 2. The minimum absolute atomic E-state index is 0.0348. The number of aliphatic hydroxyl groups is 2. The van der Waals surface area contributed by atoms with Gasteiger partial charge in [-0.15, -0.1) is 0 Å². The molecule has 0 aliphatic heterocycles. The minimum Gasteiger partial charge on any atom is -0.491 e. The molecule has 3 atom stereocenters. The van der Waals surface area contributed by atoms with E-state index in [0.29, 0.717) is 22.1 Å². The second-order valence-corrected chi connectivity index (χ2v) is 9.30. The Kier molecular flexibility index (Phi) is 9.81. The first-order chi connectivity index (χ1) is 12.9. The van der Waals surface area contributed by atoms with Crippen LogP contribution in [0.3, 0.4) is 0 Å². The quantitative estimate of drug-likeness (QED) is 0.237. The lowest BCUT2D eigenvalue weighted by Gasteiger charge is -2.33. The first-order valence-electron chi connectivity index (χ1n) is 9.39. The van der Waals surface area contributed by atoms with E-state index < -0.39 is 6.10 Å². The lowest BCUT2D eigenvalue weighted by molar-refractivity contribution is -0.00460. The number of allylic oxidation sites excluding steroid dienone is 1. The molecule has 1 aliphatic carbocycles. The van der Waals surface area contributed by atoms with Crippen molar-refractivity contribution in [3.8, 4) is 5.75 Å². The zero-order valence-corrected chi connectivity index (χ0v) is 20.4. The largest absolute Gasteiger partial charge is 0.491 e. The van der Waals surface area contributed by atoms with Crippen LogP contribution in [0.2, 0.25) is 0 Å². The molecule has 2 N–H and O–H groups in total. The molecule has 152 valence electrons. The first kappa shape index (κ1) is 23.4. The monoisotopic (exact) mass is 600 g/mol. The van der Waals surface area contributed by atoms with Crippen molar-refractivity contribution in [3.63, 3.8) is 0 Å². The maximum atomic E-state index is 9.65. The third-order valence-corrected chi connectivity index (χ3v) is 7.10. The molecule has 3 unspecified atom stereocenters. The highest BCUT2D eigenvalue weighted by Gasteiger charge is 2.28. The van der Waals surface area contributed by atoms with Crippen LogP contribution in [-0.2, 0) is 10.2 Å². The van der Waals surface area contributed by atoms with Gasteiger partial charge in [-0.05, 0) is 37.0 Å². The van der Waals surface area contributed by atoms with E-state index in [1.165, 1.54) is 11.1 Å². The van der Waals surface area contributed by atoms with Crippen molar-refractivity contribution in [2.75, 3.05) is 22.1 Å². The van der Waals surface area contributed by atoms with E-state index in [0.717, 1.165) is 25.0 Å². The summed E-state index contributed by atoms with van der Waals surface area (Å²) in [5.41, 5.74) is 2.66. The van der Waals surface area contributed by atoms with Gasteiger partial charge in [-0.25, -0.2) is 0 Å². The highest BCUT2D eigenvalue weighted by atomic mass is 127. The number of hydrogen-bond donors (Lipinski definition) is 2. The smallest absolute Gasteiger partial charge is 0.119 e. The third-order valence-electron chi connectivity index (χ3n) is 5.06. The van der Waals surface area contributed by atoms with Crippen LogP contribution in [0.4, 0.5) is 0 Å². The van der Waals surface area contributed by atoms with Gasteiger partial charge in [-0.1, -0.05) is 82.8 Å². The summed E-state index contributed by atoms with van der Waals surface area (Å²) in [7, 11) is 0. The number of hydrogen-bond acceptors (Lipinski definition) is 4. The molecule has 0 bridgehead atoms. The SMILES string of the molecule is CC(C)(C1=CCC(OCC(O)CI)CC1)c1ccc(OCC(O)CI)cc1. The number of ether oxygens (including phenoxy) is 2. The van der Waals surface area contributed by atoms with Crippen LogP contribution in [-0.4, -0.2) is 50.6 Å². The second kappa shape index (κ2) is 11.3. The topological polar surface area (TPSA) is 58.9 Å². The van der Waals surface area contributed by atoms with Crippen molar-refractivity contribution in [2.24, 2.45) is 0 Å². The van der Waals surface area contributed by atoms with Gasteiger partial charge in [0.1, 0.15) is 12.4 Å². The molecule has 27 heavy (non-hydrogen) atoms. The summed E-state index contributed by atoms with van der Waals surface area (Å²) in [6, 6.07) is 8.20. The molecule has 2 rings (SSSR count). The Labute approximate surface area is 190 Å². The summed E-state index contributed by atoms with van der Waals surface area (Å²) in [6.45, 7) is 5.27. The zero-order chi connectivity index (χ0) is 19.9. The van der Waals surface area contributed by atoms with Gasteiger partial charge in [0.15, 0.2) is 0 Å².